The van der Waals surface area contributed by atoms with Gasteiger partial charge in [-0.25, -0.2) is 9.65 Å². The van der Waals surface area contributed by atoms with Gasteiger partial charge in [-0.05, 0) is 41.5 Å². The molecule has 0 bridgehead atoms. The Morgan fingerprint density at radius 1 is 0.900 bits per heavy atom. The lowest BCUT2D eigenvalue weighted by Crippen LogP contribution is -2.46. The Morgan fingerprint density at radius 2 is 1.40 bits per heavy atom. The van der Waals surface area contributed by atoms with Crippen molar-refractivity contribution in [3.63, 3.8) is 0 Å². The third-order valence-corrected chi connectivity index (χ3v) is 8.77. The molecule has 0 saturated carbocycles. The van der Waals surface area contributed by atoms with Crippen LogP contribution in [0, 0.1) is 0 Å². The number of methoxy groups -OCH3 is 1. The fourth-order valence-electron chi connectivity index (χ4n) is 3.53. The highest BCUT2D eigenvalue weighted by molar-refractivity contribution is 7.57. The van der Waals surface area contributed by atoms with E-state index in [1.54, 1.807) is 41.5 Å². The van der Waals surface area contributed by atoms with E-state index in [0.717, 1.165) is 0 Å². The Kier molecular flexibility index (Phi) is 9.50. The molecule has 2 heterocycles. The van der Waals surface area contributed by atoms with Crippen LogP contribution in [0.25, 0.3) is 0 Å². The van der Waals surface area contributed by atoms with Crippen LogP contribution in [0.2, 0.25) is 0 Å². The zero-order chi connectivity index (χ0) is 22.6. The molecule has 2 saturated heterocycles. The van der Waals surface area contributed by atoms with Crippen LogP contribution in [-0.2, 0) is 46.2 Å². The molecule has 0 aromatic rings. The lowest BCUT2D eigenvalue weighted by molar-refractivity contribution is -0.227. The van der Waals surface area contributed by atoms with Gasteiger partial charge in [0.15, 0.2) is 12.1 Å². The van der Waals surface area contributed by atoms with Crippen LogP contribution in [-0.4, -0.2) is 69.7 Å². The van der Waals surface area contributed by atoms with Crippen molar-refractivity contribution >= 4 is 15.3 Å². The molecule has 1 unspecified atom stereocenters. The summed E-state index contributed by atoms with van der Waals surface area (Å²) in [7, 11) is -6.31. The summed E-state index contributed by atoms with van der Waals surface area (Å²) in [6, 6.07) is 0. The first kappa shape index (κ1) is 26.4. The number of hydrogen-bond acceptors (Lipinski definition) is 10. The summed E-state index contributed by atoms with van der Waals surface area (Å²) in [5, 5.41) is 2.75. The SMILES string of the molecule is CCOP(=O)(NC([C@H]1O[C@@H](OC)[C@@H]2OC(C)(C)O[C@@H]21)P(=O)(OCC)OCC)OCC. The third kappa shape index (κ3) is 5.91. The predicted molar refractivity (Wildman–Crippen MR) is 108 cm³/mol. The van der Waals surface area contributed by atoms with Crippen molar-refractivity contribution in [3.8, 4) is 0 Å². The van der Waals surface area contributed by atoms with Gasteiger partial charge >= 0.3 is 15.3 Å². The van der Waals surface area contributed by atoms with E-state index >= 15 is 0 Å². The van der Waals surface area contributed by atoms with E-state index < -0.39 is 51.5 Å². The van der Waals surface area contributed by atoms with Crippen molar-refractivity contribution in [2.45, 2.75) is 77.7 Å². The second-order valence-corrected chi connectivity index (χ2v) is 11.0. The summed E-state index contributed by atoms with van der Waals surface area (Å²) in [6.07, 6.45) is -3.01. The van der Waals surface area contributed by atoms with E-state index in [1.165, 1.54) is 7.11 Å². The molecular weight excluding hydrogens is 440 g/mol. The Labute approximate surface area is 178 Å². The van der Waals surface area contributed by atoms with E-state index in [2.05, 4.69) is 5.09 Å². The number of rotatable bonds is 13. The molecule has 178 valence electrons. The standard InChI is InChI=1S/C17H35NO10P2/c1-8-22-29(19,23-9-2)15(18-30(20,24-10-3)25-11-4)13-12-14(16(21-7)26-13)28-17(5,6)27-12/h12-16H,8-11H2,1-7H3,(H,18,20)/t12-,13+,14-,15?,16-/m1/s1. The van der Waals surface area contributed by atoms with Gasteiger partial charge in [-0.15, -0.1) is 0 Å². The average Bonchev–Trinajstić information content (AvgIpc) is 3.13. The minimum Gasteiger partial charge on any atom is -0.353 e. The largest absolute Gasteiger partial charge is 0.406 e. The second kappa shape index (κ2) is 10.8. The zero-order valence-corrected chi connectivity index (χ0v) is 20.5. The number of ether oxygens (including phenoxy) is 4. The molecule has 2 fully saturated rings. The van der Waals surface area contributed by atoms with Crippen LogP contribution in [0.3, 0.4) is 0 Å². The lowest BCUT2D eigenvalue weighted by atomic mass is 10.1. The van der Waals surface area contributed by atoms with Crippen molar-refractivity contribution in [2.75, 3.05) is 33.5 Å². The van der Waals surface area contributed by atoms with E-state index in [-0.39, 0.29) is 26.4 Å². The monoisotopic (exact) mass is 475 g/mol. The first-order valence-corrected chi connectivity index (χ1v) is 13.3. The predicted octanol–water partition coefficient (Wildman–Crippen LogP) is 3.24. The highest BCUT2D eigenvalue weighted by atomic mass is 31.2. The Balaban J connectivity index is 2.47. The molecule has 2 aliphatic heterocycles. The number of hydrogen-bond donors (Lipinski definition) is 1. The molecule has 30 heavy (non-hydrogen) atoms. The lowest BCUT2D eigenvalue weighted by Gasteiger charge is -2.34. The molecule has 11 nitrogen and oxygen atoms in total. The van der Waals surface area contributed by atoms with Crippen LogP contribution < -0.4 is 5.09 Å². The van der Waals surface area contributed by atoms with Crippen molar-refractivity contribution in [3.05, 3.63) is 0 Å². The summed E-state index contributed by atoms with van der Waals surface area (Å²) < 4.78 is 72.1. The van der Waals surface area contributed by atoms with Gasteiger partial charge in [-0.1, -0.05) is 0 Å². The maximum atomic E-state index is 13.8. The van der Waals surface area contributed by atoms with Crippen molar-refractivity contribution in [1.82, 2.24) is 5.09 Å². The Hall–Kier alpha value is 0.1000. The van der Waals surface area contributed by atoms with Crippen LogP contribution >= 0.6 is 15.3 Å². The van der Waals surface area contributed by atoms with E-state index in [4.69, 9.17) is 37.0 Å². The molecule has 13 heteroatoms. The van der Waals surface area contributed by atoms with Gasteiger partial charge in [0.1, 0.15) is 24.1 Å². The van der Waals surface area contributed by atoms with Crippen LogP contribution in [0.5, 0.6) is 0 Å². The average molecular weight is 475 g/mol. The molecule has 0 aliphatic carbocycles. The molecular formula is C17H35NO10P2. The molecule has 0 aromatic heterocycles. The summed E-state index contributed by atoms with van der Waals surface area (Å²) in [5.74, 6) is -2.14. The van der Waals surface area contributed by atoms with E-state index in [0.29, 0.717) is 0 Å². The van der Waals surface area contributed by atoms with E-state index in [1.807, 2.05) is 0 Å². The van der Waals surface area contributed by atoms with E-state index in [9.17, 15) is 9.13 Å². The van der Waals surface area contributed by atoms with Gasteiger partial charge < -0.3 is 28.0 Å². The maximum Gasteiger partial charge on any atom is 0.406 e. The zero-order valence-electron chi connectivity index (χ0n) is 18.7. The van der Waals surface area contributed by atoms with Crippen molar-refractivity contribution in [1.29, 1.82) is 0 Å². The van der Waals surface area contributed by atoms with Crippen molar-refractivity contribution in [2.24, 2.45) is 0 Å². The first-order valence-electron chi connectivity index (χ1n) is 10.2. The Morgan fingerprint density at radius 3 is 1.87 bits per heavy atom. The number of nitrogens with one attached hydrogen (secondary N) is 1. The highest BCUT2D eigenvalue weighted by Gasteiger charge is 2.62. The smallest absolute Gasteiger partial charge is 0.353 e. The molecule has 5 atom stereocenters. The third-order valence-electron chi connectivity index (χ3n) is 4.44. The number of fused-ring (bicyclic) bond motifs is 1. The minimum atomic E-state index is -3.91. The van der Waals surface area contributed by atoms with Crippen LogP contribution in [0.4, 0.5) is 0 Å². The minimum absolute atomic E-state index is 0.0976. The van der Waals surface area contributed by atoms with Gasteiger partial charge in [-0.3, -0.25) is 13.6 Å². The van der Waals surface area contributed by atoms with Crippen LogP contribution in [0.1, 0.15) is 41.5 Å². The molecule has 0 spiro atoms. The van der Waals surface area contributed by atoms with Gasteiger partial charge in [-0.2, -0.15) is 0 Å². The van der Waals surface area contributed by atoms with Gasteiger partial charge in [0.05, 0.1) is 26.4 Å². The fraction of sp³-hybridized carbons (Fsp3) is 1.00. The normalized spacial score (nSPS) is 29.8. The summed E-state index contributed by atoms with van der Waals surface area (Å²) in [4.78, 5) is 0. The molecule has 0 amide bonds. The summed E-state index contributed by atoms with van der Waals surface area (Å²) in [6.45, 7) is 10.6. The quantitative estimate of drug-likeness (QED) is 0.395. The molecule has 1 N–H and O–H groups in total. The van der Waals surface area contributed by atoms with Gasteiger partial charge in [0.2, 0.25) is 0 Å². The fourth-order valence-corrected chi connectivity index (χ4v) is 7.61. The highest BCUT2D eigenvalue weighted by Crippen LogP contribution is 2.60. The topological polar surface area (TPSA) is 120 Å². The molecule has 0 radical (unpaired) electrons. The first-order chi connectivity index (χ1) is 14.1. The van der Waals surface area contributed by atoms with Crippen molar-refractivity contribution < 1.29 is 46.2 Å². The second-order valence-electron chi connectivity index (χ2n) is 7.05. The summed E-state index contributed by atoms with van der Waals surface area (Å²) in [5.41, 5.74) is 0. The van der Waals surface area contributed by atoms with Crippen LogP contribution in [0.15, 0.2) is 0 Å². The summed E-state index contributed by atoms with van der Waals surface area (Å²) >= 11 is 0. The Bertz CT molecular complexity index is 628. The van der Waals surface area contributed by atoms with Gasteiger partial charge in [0, 0.05) is 7.11 Å². The molecule has 2 aliphatic rings. The van der Waals surface area contributed by atoms with Gasteiger partial charge in [0.25, 0.3) is 0 Å². The molecule has 0 aromatic carbocycles. The molecule has 2 rings (SSSR count). The maximum absolute atomic E-state index is 13.8.